The molecule has 148 valence electrons. The van der Waals surface area contributed by atoms with E-state index in [0.29, 0.717) is 37.7 Å². The normalized spacial score (nSPS) is 19.5. The Labute approximate surface area is 159 Å². The first-order valence-electron chi connectivity index (χ1n) is 8.87. The molecule has 1 fully saturated rings. The van der Waals surface area contributed by atoms with Crippen LogP contribution in [0.3, 0.4) is 0 Å². The predicted octanol–water partition coefficient (Wildman–Crippen LogP) is 2.59. The second kappa shape index (κ2) is 7.21. The van der Waals surface area contributed by atoms with Gasteiger partial charge in [0.05, 0.1) is 5.56 Å². The van der Waals surface area contributed by atoms with Crippen LogP contribution in [0.15, 0.2) is 42.6 Å². The largest absolute Gasteiger partial charge is 0.485 e. The number of carbonyl (C=O) groups excluding carboxylic acids is 1. The summed E-state index contributed by atoms with van der Waals surface area (Å²) < 4.78 is 50.0. The van der Waals surface area contributed by atoms with Crippen LogP contribution in [0.4, 0.5) is 19.0 Å². The zero-order valence-corrected chi connectivity index (χ0v) is 14.9. The third-order valence-electron chi connectivity index (χ3n) is 4.77. The molecule has 0 radical (unpaired) electrons. The molecule has 1 aromatic carbocycles. The van der Waals surface area contributed by atoms with Crippen molar-refractivity contribution in [2.75, 3.05) is 37.7 Å². The minimum atomic E-state index is -4.41. The molecule has 0 aliphatic carbocycles. The number of hydrogen-bond donors (Lipinski definition) is 0. The summed E-state index contributed by atoms with van der Waals surface area (Å²) in [6.45, 7) is 1.66. The van der Waals surface area contributed by atoms with Crippen molar-refractivity contribution in [1.29, 1.82) is 0 Å². The van der Waals surface area contributed by atoms with Crippen molar-refractivity contribution < 1.29 is 27.4 Å². The summed E-state index contributed by atoms with van der Waals surface area (Å²) >= 11 is 0. The van der Waals surface area contributed by atoms with Crippen molar-refractivity contribution in [3.63, 3.8) is 0 Å². The summed E-state index contributed by atoms with van der Waals surface area (Å²) in [6.07, 6.45) is -3.99. The van der Waals surface area contributed by atoms with E-state index in [1.165, 1.54) is 0 Å². The molecular formula is C19H18F3N3O3. The number of carbonyl (C=O) groups is 1. The summed E-state index contributed by atoms with van der Waals surface area (Å²) in [5.41, 5.74) is -0.734. The quantitative estimate of drug-likeness (QED) is 0.785. The number of piperazine rings is 1. The van der Waals surface area contributed by atoms with Gasteiger partial charge in [0.2, 0.25) is 6.10 Å². The third-order valence-corrected chi connectivity index (χ3v) is 4.77. The second-order valence-corrected chi connectivity index (χ2v) is 6.58. The molecule has 1 saturated heterocycles. The Morgan fingerprint density at radius 1 is 1.07 bits per heavy atom. The Bertz CT molecular complexity index is 867. The highest BCUT2D eigenvalue weighted by atomic mass is 19.4. The van der Waals surface area contributed by atoms with Crippen LogP contribution in [-0.4, -0.2) is 54.7 Å². The molecule has 2 aromatic rings. The summed E-state index contributed by atoms with van der Waals surface area (Å²) in [5, 5.41) is 0. The van der Waals surface area contributed by atoms with Gasteiger partial charge in [0, 0.05) is 32.4 Å². The molecular weight excluding hydrogens is 375 g/mol. The number of hydrogen-bond acceptors (Lipinski definition) is 5. The Hall–Kier alpha value is -2.97. The maximum atomic E-state index is 12.9. The van der Waals surface area contributed by atoms with E-state index in [4.69, 9.17) is 9.47 Å². The SMILES string of the molecule is O=C(C1COc2ccccc2O1)N1CCN(c2cc(C(F)(F)F)ccn2)CC1. The molecule has 6 nitrogen and oxygen atoms in total. The van der Waals surface area contributed by atoms with Gasteiger partial charge in [-0.05, 0) is 24.3 Å². The van der Waals surface area contributed by atoms with E-state index in [1.54, 1.807) is 28.0 Å². The summed E-state index contributed by atoms with van der Waals surface area (Å²) in [7, 11) is 0. The maximum Gasteiger partial charge on any atom is 0.416 e. The standard InChI is InChI=1S/C19H18F3N3O3/c20-19(21,22)13-5-6-23-17(11-13)24-7-9-25(10-8-24)18(26)16-12-27-14-3-1-2-4-15(14)28-16/h1-6,11,16H,7-10,12H2. The van der Waals surface area contributed by atoms with Gasteiger partial charge >= 0.3 is 6.18 Å². The molecule has 0 N–H and O–H groups in total. The molecule has 2 aliphatic heterocycles. The van der Waals surface area contributed by atoms with Gasteiger partial charge in [0.15, 0.2) is 11.5 Å². The van der Waals surface area contributed by atoms with Crippen molar-refractivity contribution in [2.45, 2.75) is 12.3 Å². The number of pyridine rings is 1. The summed E-state index contributed by atoms with van der Waals surface area (Å²) in [5.74, 6) is 1.20. The average molecular weight is 393 g/mol. The number of halogens is 3. The zero-order valence-electron chi connectivity index (χ0n) is 14.9. The molecule has 1 atom stereocenters. The fourth-order valence-corrected chi connectivity index (χ4v) is 3.27. The number of fused-ring (bicyclic) bond motifs is 1. The molecule has 28 heavy (non-hydrogen) atoms. The van der Waals surface area contributed by atoms with Crippen LogP contribution in [0.1, 0.15) is 5.56 Å². The van der Waals surface area contributed by atoms with Gasteiger partial charge in [-0.2, -0.15) is 13.2 Å². The van der Waals surface area contributed by atoms with Crippen LogP contribution in [-0.2, 0) is 11.0 Å². The van der Waals surface area contributed by atoms with Crippen LogP contribution in [0, 0.1) is 0 Å². The van der Waals surface area contributed by atoms with E-state index < -0.39 is 17.8 Å². The number of anilines is 1. The third kappa shape index (κ3) is 3.69. The predicted molar refractivity (Wildman–Crippen MR) is 94.4 cm³/mol. The van der Waals surface area contributed by atoms with E-state index >= 15 is 0 Å². The number of aromatic nitrogens is 1. The van der Waals surface area contributed by atoms with Crippen molar-refractivity contribution in [3.8, 4) is 11.5 Å². The molecule has 2 aliphatic rings. The smallest absolute Gasteiger partial charge is 0.416 e. The van der Waals surface area contributed by atoms with Crippen molar-refractivity contribution in [1.82, 2.24) is 9.88 Å². The number of nitrogens with zero attached hydrogens (tertiary/aromatic N) is 3. The van der Waals surface area contributed by atoms with Crippen molar-refractivity contribution in [2.24, 2.45) is 0 Å². The van der Waals surface area contributed by atoms with Crippen LogP contribution in [0.5, 0.6) is 11.5 Å². The van der Waals surface area contributed by atoms with E-state index in [9.17, 15) is 18.0 Å². The van der Waals surface area contributed by atoms with Gasteiger partial charge in [-0.3, -0.25) is 4.79 Å². The molecule has 1 aromatic heterocycles. The minimum absolute atomic E-state index is 0.130. The lowest BCUT2D eigenvalue weighted by Gasteiger charge is -2.37. The first-order valence-corrected chi connectivity index (χ1v) is 8.87. The summed E-state index contributed by atoms with van der Waals surface area (Å²) in [4.78, 5) is 20.2. The molecule has 0 spiro atoms. The Kier molecular flexibility index (Phi) is 4.74. The molecule has 9 heteroatoms. The van der Waals surface area contributed by atoms with Crippen molar-refractivity contribution in [3.05, 3.63) is 48.2 Å². The lowest BCUT2D eigenvalue weighted by molar-refractivity contribution is -0.141. The van der Waals surface area contributed by atoms with Gasteiger partial charge in [-0.1, -0.05) is 12.1 Å². The highest BCUT2D eigenvalue weighted by Crippen LogP contribution is 2.32. The van der Waals surface area contributed by atoms with E-state index in [-0.39, 0.29) is 18.3 Å². The van der Waals surface area contributed by atoms with Gasteiger partial charge in [0.1, 0.15) is 12.4 Å². The van der Waals surface area contributed by atoms with Crippen LogP contribution in [0.2, 0.25) is 0 Å². The fraction of sp³-hybridized carbons (Fsp3) is 0.368. The molecule has 0 saturated carbocycles. The first-order chi connectivity index (χ1) is 13.4. The second-order valence-electron chi connectivity index (χ2n) is 6.58. The maximum absolute atomic E-state index is 12.9. The Morgan fingerprint density at radius 3 is 2.50 bits per heavy atom. The first kappa shape index (κ1) is 18.4. The molecule has 1 unspecified atom stereocenters. The van der Waals surface area contributed by atoms with Gasteiger partial charge < -0.3 is 19.3 Å². The fourth-order valence-electron chi connectivity index (χ4n) is 3.27. The highest BCUT2D eigenvalue weighted by molar-refractivity contribution is 5.82. The molecule has 1 amide bonds. The number of para-hydroxylation sites is 2. The Morgan fingerprint density at radius 2 is 1.79 bits per heavy atom. The lowest BCUT2D eigenvalue weighted by Crippen LogP contribution is -2.54. The molecule has 3 heterocycles. The summed E-state index contributed by atoms with van der Waals surface area (Å²) in [6, 6.07) is 9.12. The van der Waals surface area contributed by atoms with Gasteiger partial charge in [-0.15, -0.1) is 0 Å². The number of alkyl halides is 3. The van der Waals surface area contributed by atoms with Crippen LogP contribution >= 0.6 is 0 Å². The van der Waals surface area contributed by atoms with E-state index in [1.807, 2.05) is 6.07 Å². The number of amides is 1. The molecule has 0 bridgehead atoms. The highest BCUT2D eigenvalue weighted by Gasteiger charge is 2.34. The number of ether oxygens (including phenoxy) is 2. The lowest BCUT2D eigenvalue weighted by atomic mass is 10.2. The van der Waals surface area contributed by atoms with Crippen LogP contribution < -0.4 is 14.4 Å². The van der Waals surface area contributed by atoms with Gasteiger partial charge in [0.25, 0.3) is 5.91 Å². The number of rotatable bonds is 2. The van der Waals surface area contributed by atoms with Crippen LogP contribution in [0.25, 0.3) is 0 Å². The molecule has 4 rings (SSSR count). The average Bonchev–Trinajstić information content (AvgIpc) is 2.72. The monoisotopic (exact) mass is 393 g/mol. The number of benzene rings is 1. The topological polar surface area (TPSA) is 54.9 Å². The zero-order chi connectivity index (χ0) is 19.7. The minimum Gasteiger partial charge on any atom is -0.485 e. The van der Waals surface area contributed by atoms with Crippen molar-refractivity contribution >= 4 is 11.7 Å². The van der Waals surface area contributed by atoms with E-state index in [2.05, 4.69) is 4.98 Å². The van der Waals surface area contributed by atoms with Gasteiger partial charge in [-0.25, -0.2) is 4.98 Å². The van der Waals surface area contributed by atoms with E-state index in [0.717, 1.165) is 18.3 Å². The Balaban J connectivity index is 1.38.